The third-order valence-corrected chi connectivity index (χ3v) is 3.88. The van der Waals surface area contributed by atoms with E-state index in [0.717, 1.165) is 9.37 Å². The van der Waals surface area contributed by atoms with Gasteiger partial charge in [-0.2, -0.15) is 0 Å². The van der Waals surface area contributed by atoms with E-state index in [9.17, 15) is 9.59 Å². The maximum absolute atomic E-state index is 12.5. The minimum Gasteiger partial charge on any atom is -0.496 e. The van der Waals surface area contributed by atoms with Crippen LogP contribution < -0.4 is 15.0 Å². The topological polar surface area (TPSA) is 58.6 Å². The lowest BCUT2D eigenvalue weighted by Gasteiger charge is -2.11. The molecule has 2 aromatic rings. The summed E-state index contributed by atoms with van der Waals surface area (Å²) in [7, 11) is 1.55. The SMILES string of the molecule is COc1ccc(Br)cc1/C=C1\NC(=O)N(c2ccccc2)C1=O. The predicted octanol–water partition coefficient (Wildman–Crippen LogP) is 3.56. The Balaban J connectivity index is 1.98. The Morgan fingerprint density at radius 1 is 1.13 bits per heavy atom. The molecule has 1 fully saturated rings. The first-order valence-electron chi connectivity index (χ1n) is 6.86. The number of carbonyl (C=O) groups excluding carboxylic acids is 2. The van der Waals surface area contributed by atoms with Gasteiger partial charge in [0.05, 0.1) is 12.8 Å². The Kier molecular flexibility index (Phi) is 4.16. The Hall–Kier alpha value is -2.60. The molecule has 23 heavy (non-hydrogen) atoms. The number of benzene rings is 2. The maximum atomic E-state index is 12.5. The van der Waals surface area contributed by atoms with Gasteiger partial charge >= 0.3 is 6.03 Å². The summed E-state index contributed by atoms with van der Waals surface area (Å²) in [6.07, 6.45) is 1.60. The average Bonchev–Trinajstić information content (AvgIpc) is 2.82. The van der Waals surface area contributed by atoms with E-state index in [2.05, 4.69) is 21.2 Å². The minimum atomic E-state index is -0.471. The lowest BCUT2D eigenvalue weighted by Crippen LogP contribution is -2.30. The second kappa shape index (κ2) is 6.26. The molecule has 0 spiro atoms. The Morgan fingerprint density at radius 2 is 1.87 bits per heavy atom. The summed E-state index contributed by atoms with van der Waals surface area (Å²) in [5, 5.41) is 2.60. The first kappa shape index (κ1) is 15.3. The molecular formula is C17H13BrN2O3. The highest BCUT2D eigenvalue weighted by molar-refractivity contribution is 9.10. The molecule has 0 atom stereocenters. The zero-order valence-corrected chi connectivity index (χ0v) is 13.8. The number of para-hydroxylation sites is 1. The molecule has 6 heteroatoms. The van der Waals surface area contributed by atoms with Gasteiger partial charge in [0.15, 0.2) is 0 Å². The number of ether oxygens (including phenoxy) is 1. The van der Waals surface area contributed by atoms with Crippen LogP contribution in [-0.4, -0.2) is 19.0 Å². The van der Waals surface area contributed by atoms with E-state index >= 15 is 0 Å². The van der Waals surface area contributed by atoms with E-state index in [1.54, 1.807) is 43.5 Å². The van der Waals surface area contributed by atoms with Crippen molar-refractivity contribution in [2.24, 2.45) is 0 Å². The molecule has 0 aromatic heterocycles. The molecular weight excluding hydrogens is 360 g/mol. The number of halogens is 1. The van der Waals surface area contributed by atoms with Gasteiger partial charge in [-0.05, 0) is 36.4 Å². The van der Waals surface area contributed by atoms with Crippen molar-refractivity contribution in [1.29, 1.82) is 0 Å². The van der Waals surface area contributed by atoms with Crippen LogP contribution in [0.5, 0.6) is 5.75 Å². The van der Waals surface area contributed by atoms with Crippen LogP contribution in [0.15, 0.2) is 58.7 Å². The van der Waals surface area contributed by atoms with Crippen molar-refractivity contribution >= 4 is 39.6 Å². The molecule has 0 aliphatic carbocycles. The number of rotatable bonds is 3. The first-order valence-corrected chi connectivity index (χ1v) is 7.65. The van der Waals surface area contributed by atoms with Crippen molar-refractivity contribution in [1.82, 2.24) is 5.32 Å². The Labute approximate surface area is 141 Å². The highest BCUT2D eigenvalue weighted by Crippen LogP contribution is 2.27. The second-order valence-corrected chi connectivity index (χ2v) is 5.77. The van der Waals surface area contributed by atoms with Crippen molar-refractivity contribution in [3.8, 4) is 5.75 Å². The van der Waals surface area contributed by atoms with Crippen molar-refractivity contribution in [3.05, 3.63) is 64.3 Å². The van der Waals surface area contributed by atoms with Gasteiger partial charge in [0.25, 0.3) is 5.91 Å². The van der Waals surface area contributed by atoms with Gasteiger partial charge in [-0.3, -0.25) is 4.79 Å². The number of nitrogens with zero attached hydrogens (tertiary/aromatic N) is 1. The highest BCUT2D eigenvalue weighted by atomic mass is 79.9. The lowest BCUT2D eigenvalue weighted by molar-refractivity contribution is -0.113. The van der Waals surface area contributed by atoms with E-state index in [-0.39, 0.29) is 5.70 Å². The van der Waals surface area contributed by atoms with Gasteiger partial charge in [0.2, 0.25) is 0 Å². The monoisotopic (exact) mass is 372 g/mol. The molecule has 1 N–H and O–H groups in total. The standard InChI is InChI=1S/C17H13BrN2O3/c1-23-15-8-7-12(18)9-11(15)10-14-16(21)20(17(22)19-14)13-5-3-2-4-6-13/h2-10H,1H3,(H,19,22)/b14-10-. The molecule has 116 valence electrons. The van der Waals surface area contributed by atoms with Gasteiger partial charge in [-0.1, -0.05) is 34.1 Å². The Bertz CT molecular complexity index is 803. The second-order valence-electron chi connectivity index (χ2n) is 4.85. The molecule has 0 bridgehead atoms. The van der Waals surface area contributed by atoms with Crippen LogP contribution in [0.2, 0.25) is 0 Å². The highest BCUT2D eigenvalue weighted by Gasteiger charge is 2.34. The first-order chi connectivity index (χ1) is 11.1. The normalized spacial score (nSPS) is 15.9. The summed E-state index contributed by atoms with van der Waals surface area (Å²) in [6, 6.07) is 13.8. The summed E-state index contributed by atoms with van der Waals surface area (Å²) in [5.41, 5.74) is 1.43. The van der Waals surface area contributed by atoms with Crippen molar-refractivity contribution in [2.45, 2.75) is 0 Å². The molecule has 0 saturated carbocycles. The van der Waals surface area contributed by atoms with Gasteiger partial charge in [0, 0.05) is 10.0 Å². The number of anilines is 1. The van der Waals surface area contributed by atoms with Crippen molar-refractivity contribution in [3.63, 3.8) is 0 Å². The summed E-state index contributed by atoms with van der Waals surface area (Å²) >= 11 is 3.38. The van der Waals surface area contributed by atoms with Crippen molar-refractivity contribution in [2.75, 3.05) is 12.0 Å². The summed E-state index contributed by atoms with van der Waals surface area (Å²) in [5.74, 6) is 0.212. The molecule has 1 saturated heterocycles. The van der Waals surface area contributed by atoms with E-state index in [1.165, 1.54) is 0 Å². The fourth-order valence-electron chi connectivity index (χ4n) is 2.32. The molecule has 3 amide bonds. The van der Waals surface area contributed by atoms with E-state index in [4.69, 9.17) is 4.74 Å². The van der Waals surface area contributed by atoms with Gasteiger partial charge < -0.3 is 10.1 Å². The van der Waals surface area contributed by atoms with Gasteiger partial charge in [-0.25, -0.2) is 9.69 Å². The summed E-state index contributed by atoms with van der Waals surface area (Å²) < 4.78 is 6.13. The molecule has 5 nitrogen and oxygen atoms in total. The number of amides is 3. The van der Waals surface area contributed by atoms with Crippen LogP contribution in [-0.2, 0) is 4.79 Å². The maximum Gasteiger partial charge on any atom is 0.333 e. The quantitative estimate of drug-likeness (QED) is 0.661. The van der Waals surface area contributed by atoms with Crippen LogP contribution in [0, 0.1) is 0 Å². The average molecular weight is 373 g/mol. The fraction of sp³-hybridized carbons (Fsp3) is 0.0588. The molecule has 3 rings (SSSR count). The zero-order valence-electron chi connectivity index (χ0n) is 12.2. The third-order valence-electron chi connectivity index (χ3n) is 3.38. The Morgan fingerprint density at radius 3 is 2.57 bits per heavy atom. The molecule has 1 heterocycles. The lowest BCUT2D eigenvalue weighted by atomic mass is 10.1. The fourth-order valence-corrected chi connectivity index (χ4v) is 2.70. The van der Waals surface area contributed by atoms with Crippen LogP contribution in [0.3, 0.4) is 0 Å². The van der Waals surface area contributed by atoms with Crippen LogP contribution >= 0.6 is 15.9 Å². The smallest absolute Gasteiger partial charge is 0.333 e. The number of methoxy groups -OCH3 is 1. The molecule has 2 aromatic carbocycles. The predicted molar refractivity (Wildman–Crippen MR) is 91.1 cm³/mol. The molecule has 0 unspecified atom stereocenters. The zero-order chi connectivity index (χ0) is 16.4. The summed E-state index contributed by atoms with van der Waals surface area (Å²) in [4.78, 5) is 25.8. The van der Waals surface area contributed by atoms with Crippen LogP contribution in [0.1, 0.15) is 5.56 Å². The van der Waals surface area contributed by atoms with Gasteiger partial charge in [-0.15, -0.1) is 0 Å². The van der Waals surface area contributed by atoms with E-state index < -0.39 is 11.9 Å². The number of imide groups is 1. The molecule has 0 radical (unpaired) electrons. The number of urea groups is 1. The van der Waals surface area contributed by atoms with Crippen LogP contribution in [0.4, 0.5) is 10.5 Å². The minimum absolute atomic E-state index is 0.204. The van der Waals surface area contributed by atoms with Crippen LogP contribution in [0.25, 0.3) is 6.08 Å². The molecule has 1 aliphatic heterocycles. The number of nitrogens with one attached hydrogen (secondary N) is 1. The van der Waals surface area contributed by atoms with Gasteiger partial charge in [0.1, 0.15) is 11.4 Å². The number of carbonyl (C=O) groups is 2. The van der Waals surface area contributed by atoms with Crippen molar-refractivity contribution < 1.29 is 14.3 Å². The van der Waals surface area contributed by atoms with E-state index in [0.29, 0.717) is 17.0 Å². The largest absolute Gasteiger partial charge is 0.496 e. The van der Waals surface area contributed by atoms with E-state index in [1.807, 2.05) is 18.2 Å². The third kappa shape index (κ3) is 2.98. The molecule has 1 aliphatic rings. The summed E-state index contributed by atoms with van der Waals surface area (Å²) in [6.45, 7) is 0. The number of hydrogen-bond acceptors (Lipinski definition) is 3. The number of hydrogen-bond donors (Lipinski definition) is 1.